The van der Waals surface area contributed by atoms with Crippen LogP contribution in [0.1, 0.15) is 35.2 Å². The molecule has 0 heterocycles. The zero-order valence-electron chi connectivity index (χ0n) is 10.5. The second-order valence-electron chi connectivity index (χ2n) is 4.17. The lowest BCUT2D eigenvalue weighted by Crippen LogP contribution is -2.24. The van der Waals surface area contributed by atoms with E-state index in [0.717, 1.165) is 18.4 Å². The summed E-state index contributed by atoms with van der Waals surface area (Å²) in [6.07, 6.45) is 2.12. The Hall–Kier alpha value is -2.04. The Labute approximate surface area is 107 Å². The number of oxime groups is 1. The molecule has 0 fully saturated rings. The maximum absolute atomic E-state index is 11.8. The molecule has 0 aliphatic rings. The fraction of sp³-hybridized carbons (Fsp3) is 0.385. The van der Waals surface area contributed by atoms with Gasteiger partial charge >= 0.3 is 0 Å². The third kappa shape index (κ3) is 4.86. The number of aryl methyl sites for hydroxylation is 1. The van der Waals surface area contributed by atoms with Crippen molar-refractivity contribution in [2.45, 2.75) is 26.2 Å². The van der Waals surface area contributed by atoms with E-state index in [2.05, 4.69) is 10.5 Å². The molecule has 0 spiro atoms. The van der Waals surface area contributed by atoms with Gasteiger partial charge in [0.1, 0.15) is 5.84 Å². The van der Waals surface area contributed by atoms with Gasteiger partial charge in [0.15, 0.2) is 0 Å². The molecule has 98 valence electrons. The number of amides is 1. The number of nitrogens with zero attached hydrogens (tertiary/aromatic N) is 1. The first-order chi connectivity index (χ1) is 8.63. The molecule has 1 amide bonds. The van der Waals surface area contributed by atoms with Crippen LogP contribution in [0.4, 0.5) is 0 Å². The fourth-order valence-electron chi connectivity index (χ4n) is 1.57. The third-order valence-electron chi connectivity index (χ3n) is 2.55. The van der Waals surface area contributed by atoms with Crippen LogP contribution in [0.5, 0.6) is 0 Å². The van der Waals surface area contributed by atoms with Crippen molar-refractivity contribution in [1.82, 2.24) is 5.32 Å². The maximum Gasteiger partial charge on any atom is 0.251 e. The molecule has 4 N–H and O–H groups in total. The summed E-state index contributed by atoms with van der Waals surface area (Å²) < 4.78 is 0. The molecular weight excluding hydrogens is 230 g/mol. The first-order valence-corrected chi connectivity index (χ1v) is 5.94. The molecule has 0 atom stereocenters. The van der Waals surface area contributed by atoms with Crippen LogP contribution >= 0.6 is 0 Å². The van der Waals surface area contributed by atoms with Gasteiger partial charge in [-0.15, -0.1) is 0 Å². The van der Waals surface area contributed by atoms with Crippen LogP contribution in [-0.2, 0) is 0 Å². The number of rotatable bonds is 6. The van der Waals surface area contributed by atoms with E-state index in [1.54, 1.807) is 6.07 Å². The summed E-state index contributed by atoms with van der Waals surface area (Å²) in [7, 11) is 0. The van der Waals surface area contributed by atoms with E-state index in [9.17, 15) is 4.79 Å². The maximum atomic E-state index is 11.8. The minimum Gasteiger partial charge on any atom is -0.409 e. The molecule has 1 rings (SSSR count). The minimum atomic E-state index is -0.0671. The summed E-state index contributed by atoms with van der Waals surface area (Å²) in [5.41, 5.74) is 7.07. The Morgan fingerprint density at radius 2 is 2.22 bits per heavy atom. The Morgan fingerprint density at radius 3 is 2.89 bits per heavy atom. The van der Waals surface area contributed by atoms with Crippen LogP contribution in [0.15, 0.2) is 29.4 Å². The van der Waals surface area contributed by atoms with Crippen molar-refractivity contribution in [3.05, 3.63) is 35.4 Å². The quantitative estimate of drug-likeness (QED) is 0.235. The van der Waals surface area contributed by atoms with Crippen LogP contribution < -0.4 is 11.1 Å². The van der Waals surface area contributed by atoms with Crippen LogP contribution in [0.2, 0.25) is 0 Å². The lowest BCUT2D eigenvalue weighted by atomic mass is 10.1. The van der Waals surface area contributed by atoms with Crippen molar-refractivity contribution in [3.63, 3.8) is 0 Å². The molecule has 0 aliphatic carbocycles. The normalized spacial score (nSPS) is 11.3. The topological polar surface area (TPSA) is 87.7 Å². The third-order valence-corrected chi connectivity index (χ3v) is 2.55. The minimum absolute atomic E-state index is 0.0671. The van der Waals surface area contributed by atoms with Gasteiger partial charge in [0.25, 0.3) is 5.91 Å². The van der Waals surface area contributed by atoms with E-state index in [-0.39, 0.29) is 11.7 Å². The zero-order chi connectivity index (χ0) is 13.4. The Bertz CT molecular complexity index is 430. The Morgan fingerprint density at radius 1 is 1.44 bits per heavy atom. The van der Waals surface area contributed by atoms with E-state index in [1.807, 2.05) is 25.1 Å². The number of benzene rings is 1. The lowest BCUT2D eigenvalue weighted by molar-refractivity contribution is 0.0953. The van der Waals surface area contributed by atoms with Crippen molar-refractivity contribution in [1.29, 1.82) is 0 Å². The van der Waals surface area contributed by atoms with E-state index >= 15 is 0 Å². The zero-order valence-corrected chi connectivity index (χ0v) is 10.5. The van der Waals surface area contributed by atoms with Gasteiger partial charge < -0.3 is 16.3 Å². The highest BCUT2D eigenvalue weighted by Gasteiger charge is 2.04. The highest BCUT2D eigenvalue weighted by atomic mass is 16.4. The molecule has 0 saturated heterocycles. The van der Waals surface area contributed by atoms with Gasteiger partial charge in [-0.3, -0.25) is 4.79 Å². The highest BCUT2D eigenvalue weighted by Crippen LogP contribution is 2.03. The molecule has 0 aromatic heterocycles. The highest BCUT2D eigenvalue weighted by molar-refractivity contribution is 5.94. The van der Waals surface area contributed by atoms with Gasteiger partial charge in [-0.2, -0.15) is 0 Å². The lowest BCUT2D eigenvalue weighted by Gasteiger charge is -2.05. The molecule has 18 heavy (non-hydrogen) atoms. The smallest absolute Gasteiger partial charge is 0.251 e. The van der Waals surface area contributed by atoms with Crippen molar-refractivity contribution in [3.8, 4) is 0 Å². The predicted molar refractivity (Wildman–Crippen MR) is 70.8 cm³/mol. The predicted octanol–water partition coefficient (Wildman–Crippen LogP) is 1.64. The molecule has 0 unspecified atom stereocenters. The average molecular weight is 249 g/mol. The van der Waals surface area contributed by atoms with Crippen molar-refractivity contribution in [2.24, 2.45) is 10.9 Å². The summed E-state index contributed by atoms with van der Waals surface area (Å²) in [6, 6.07) is 7.46. The van der Waals surface area contributed by atoms with Gasteiger partial charge in [-0.1, -0.05) is 22.9 Å². The van der Waals surface area contributed by atoms with E-state index in [1.165, 1.54) is 0 Å². The molecule has 0 saturated carbocycles. The average Bonchev–Trinajstić information content (AvgIpc) is 2.37. The second-order valence-corrected chi connectivity index (χ2v) is 4.17. The van der Waals surface area contributed by atoms with E-state index in [4.69, 9.17) is 10.9 Å². The Kier molecular flexibility index (Phi) is 5.70. The van der Waals surface area contributed by atoms with E-state index in [0.29, 0.717) is 18.5 Å². The van der Waals surface area contributed by atoms with Crippen molar-refractivity contribution >= 4 is 11.7 Å². The van der Waals surface area contributed by atoms with Gasteiger partial charge in [0.2, 0.25) is 0 Å². The monoisotopic (exact) mass is 249 g/mol. The van der Waals surface area contributed by atoms with Crippen LogP contribution in [0.25, 0.3) is 0 Å². The molecule has 1 aromatic carbocycles. The molecule has 5 heteroatoms. The number of hydrogen-bond donors (Lipinski definition) is 3. The SMILES string of the molecule is Cc1cccc(C(=O)NCCCCC(N)=NO)c1. The number of nitrogens with one attached hydrogen (secondary N) is 1. The van der Waals surface area contributed by atoms with Crippen molar-refractivity contribution in [2.75, 3.05) is 6.54 Å². The molecule has 1 aromatic rings. The number of hydrogen-bond acceptors (Lipinski definition) is 3. The number of unbranched alkanes of at least 4 members (excludes halogenated alkanes) is 1. The number of carbonyl (C=O) groups excluding carboxylic acids is 1. The number of carbonyl (C=O) groups is 1. The summed E-state index contributed by atoms with van der Waals surface area (Å²) in [5.74, 6) is 0.155. The van der Waals surface area contributed by atoms with Gasteiger partial charge in [-0.25, -0.2) is 0 Å². The fourth-order valence-corrected chi connectivity index (χ4v) is 1.57. The molecule has 0 bridgehead atoms. The summed E-state index contributed by atoms with van der Waals surface area (Å²) in [4.78, 5) is 11.8. The van der Waals surface area contributed by atoms with Gasteiger partial charge in [0, 0.05) is 18.5 Å². The summed E-state index contributed by atoms with van der Waals surface area (Å²) >= 11 is 0. The standard InChI is InChI=1S/C13H19N3O2/c1-10-5-4-6-11(9-10)13(17)15-8-3-2-7-12(14)16-18/h4-6,9,18H,2-3,7-8H2,1H3,(H2,14,16)(H,15,17). The molecule has 5 nitrogen and oxygen atoms in total. The van der Waals surface area contributed by atoms with Crippen LogP contribution in [0.3, 0.4) is 0 Å². The Balaban J connectivity index is 2.26. The van der Waals surface area contributed by atoms with Crippen LogP contribution in [0, 0.1) is 6.92 Å². The first kappa shape index (κ1) is 14.0. The van der Waals surface area contributed by atoms with Crippen molar-refractivity contribution < 1.29 is 10.0 Å². The number of amidine groups is 1. The van der Waals surface area contributed by atoms with Gasteiger partial charge in [-0.05, 0) is 31.9 Å². The molecular formula is C13H19N3O2. The van der Waals surface area contributed by atoms with Gasteiger partial charge in [0.05, 0.1) is 0 Å². The largest absolute Gasteiger partial charge is 0.409 e. The van der Waals surface area contributed by atoms with Crippen LogP contribution in [-0.4, -0.2) is 23.5 Å². The molecule has 0 radical (unpaired) electrons. The first-order valence-electron chi connectivity index (χ1n) is 5.94. The van der Waals surface area contributed by atoms with E-state index < -0.39 is 0 Å². The summed E-state index contributed by atoms with van der Waals surface area (Å²) in [5, 5.41) is 14.1. The second kappa shape index (κ2) is 7.32. The summed E-state index contributed by atoms with van der Waals surface area (Å²) in [6.45, 7) is 2.54. The number of nitrogens with two attached hydrogens (primary N) is 1. The molecule has 0 aliphatic heterocycles.